The van der Waals surface area contributed by atoms with E-state index in [1.165, 1.54) is 6.42 Å². The van der Waals surface area contributed by atoms with Gasteiger partial charge in [-0.15, -0.1) is 0 Å². The first-order valence-corrected chi connectivity index (χ1v) is 7.42. The van der Waals surface area contributed by atoms with Crippen LogP contribution in [0.5, 0.6) is 0 Å². The molecular formula is C14H27N3O3. The molecule has 0 aromatic carbocycles. The van der Waals surface area contributed by atoms with Gasteiger partial charge in [-0.1, -0.05) is 6.92 Å². The van der Waals surface area contributed by atoms with Crippen molar-refractivity contribution in [3.8, 4) is 0 Å². The summed E-state index contributed by atoms with van der Waals surface area (Å²) >= 11 is 0. The predicted molar refractivity (Wildman–Crippen MR) is 77.7 cm³/mol. The third kappa shape index (κ3) is 6.75. The molecule has 0 aromatic rings. The maximum atomic E-state index is 11.6. The average molecular weight is 285 g/mol. The van der Waals surface area contributed by atoms with E-state index in [1.54, 1.807) is 0 Å². The van der Waals surface area contributed by atoms with Gasteiger partial charge in [-0.05, 0) is 45.2 Å². The summed E-state index contributed by atoms with van der Waals surface area (Å²) in [6.07, 6.45) is 4.01. The van der Waals surface area contributed by atoms with Crippen molar-refractivity contribution in [1.29, 1.82) is 0 Å². The number of urea groups is 1. The zero-order valence-electron chi connectivity index (χ0n) is 12.5. The summed E-state index contributed by atoms with van der Waals surface area (Å²) in [6.45, 7) is 4.40. The topological polar surface area (TPSA) is 81.7 Å². The number of amides is 2. The number of nitrogens with zero attached hydrogens (tertiary/aromatic N) is 1. The number of carboxylic acids is 1. The molecule has 20 heavy (non-hydrogen) atoms. The molecule has 0 aromatic heterocycles. The lowest BCUT2D eigenvalue weighted by molar-refractivity contribution is -0.137. The van der Waals surface area contributed by atoms with Crippen LogP contribution in [0.25, 0.3) is 0 Å². The molecule has 2 atom stereocenters. The third-order valence-electron chi connectivity index (χ3n) is 3.94. The zero-order valence-corrected chi connectivity index (χ0v) is 12.5. The van der Waals surface area contributed by atoms with Gasteiger partial charge in [-0.2, -0.15) is 0 Å². The monoisotopic (exact) mass is 285 g/mol. The normalized spacial score (nSPS) is 20.6. The second-order valence-electron chi connectivity index (χ2n) is 5.74. The van der Waals surface area contributed by atoms with Crippen LogP contribution in [0.3, 0.4) is 0 Å². The minimum atomic E-state index is -0.761. The van der Waals surface area contributed by atoms with Crippen LogP contribution in [-0.2, 0) is 4.79 Å². The molecule has 6 heteroatoms. The number of carbonyl (C=O) groups excluding carboxylic acids is 1. The summed E-state index contributed by atoms with van der Waals surface area (Å²) in [5.74, 6) is -0.449. The molecule has 6 nitrogen and oxygen atoms in total. The van der Waals surface area contributed by atoms with Crippen molar-refractivity contribution in [3.05, 3.63) is 0 Å². The summed E-state index contributed by atoms with van der Waals surface area (Å²) in [5.41, 5.74) is 0. The highest BCUT2D eigenvalue weighted by molar-refractivity contribution is 5.73. The molecule has 0 radical (unpaired) electrons. The molecule has 3 N–H and O–H groups in total. The summed E-state index contributed by atoms with van der Waals surface area (Å²) in [7, 11) is 2.08. The number of carbonyl (C=O) groups is 2. The van der Waals surface area contributed by atoms with E-state index < -0.39 is 5.97 Å². The van der Waals surface area contributed by atoms with Gasteiger partial charge in [0.1, 0.15) is 0 Å². The molecule has 1 saturated heterocycles. The Balaban J connectivity index is 2.03. The highest BCUT2D eigenvalue weighted by Crippen LogP contribution is 2.13. The first kappa shape index (κ1) is 16.8. The lowest BCUT2D eigenvalue weighted by Gasteiger charge is -2.20. The summed E-state index contributed by atoms with van der Waals surface area (Å²) in [4.78, 5) is 24.3. The van der Waals surface area contributed by atoms with E-state index in [1.807, 2.05) is 6.92 Å². The van der Waals surface area contributed by atoms with Crippen molar-refractivity contribution in [2.75, 3.05) is 26.7 Å². The standard InChI is InChI=1S/C14H27N3O3/c1-11(5-6-13(18)19)7-8-15-14(20)16-10-12-4-3-9-17(12)2/h11-12H,3-10H2,1-2H3,(H,18,19)(H2,15,16,20). The molecule has 0 spiro atoms. The van der Waals surface area contributed by atoms with Crippen LogP contribution in [0.15, 0.2) is 0 Å². The first-order valence-electron chi connectivity index (χ1n) is 7.42. The van der Waals surface area contributed by atoms with Gasteiger partial charge in [0.15, 0.2) is 0 Å². The van der Waals surface area contributed by atoms with Gasteiger partial charge >= 0.3 is 12.0 Å². The van der Waals surface area contributed by atoms with Gasteiger partial charge in [0.05, 0.1) is 0 Å². The van der Waals surface area contributed by atoms with E-state index in [9.17, 15) is 9.59 Å². The van der Waals surface area contributed by atoms with Gasteiger partial charge in [0.25, 0.3) is 0 Å². The Kier molecular flexibility index (Phi) is 7.36. The van der Waals surface area contributed by atoms with Crippen molar-refractivity contribution in [2.45, 2.75) is 45.1 Å². The fourth-order valence-corrected chi connectivity index (χ4v) is 2.46. The molecule has 116 valence electrons. The van der Waals surface area contributed by atoms with Crippen LogP contribution in [-0.4, -0.2) is 54.7 Å². The minimum Gasteiger partial charge on any atom is -0.481 e. The molecule has 0 saturated carbocycles. The SMILES string of the molecule is CC(CCNC(=O)NCC1CCCN1C)CCC(=O)O. The molecule has 0 aliphatic carbocycles. The Morgan fingerprint density at radius 3 is 2.70 bits per heavy atom. The van der Waals surface area contributed by atoms with Gasteiger partial charge in [0.2, 0.25) is 0 Å². The Hall–Kier alpha value is -1.30. The highest BCUT2D eigenvalue weighted by atomic mass is 16.4. The van der Waals surface area contributed by atoms with E-state index in [0.717, 1.165) is 19.4 Å². The quantitative estimate of drug-likeness (QED) is 0.627. The number of carboxylic acid groups (broad SMARTS) is 1. The molecule has 2 amide bonds. The molecule has 1 fully saturated rings. The minimum absolute atomic E-state index is 0.129. The number of hydrogen-bond donors (Lipinski definition) is 3. The Morgan fingerprint density at radius 2 is 2.10 bits per heavy atom. The fraction of sp³-hybridized carbons (Fsp3) is 0.857. The second-order valence-corrected chi connectivity index (χ2v) is 5.74. The van der Waals surface area contributed by atoms with Crippen LogP contribution in [0.1, 0.15) is 39.0 Å². The highest BCUT2D eigenvalue weighted by Gasteiger charge is 2.20. The van der Waals surface area contributed by atoms with E-state index in [0.29, 0.717) is 31.5 Å². The largest absolute Gasteiger partial charge is 0.481 e. The number of nitrogens with one attached hydrogen (secondary N) is 2. The van der Waals surface area contributed by atoms with Crippen molar-refractivity contribution >= 4 is 12.0 Å². The zero-order chi connectivity index (χ0) is 15.0. The molecule has 1 heterocycles. The van der Waals surface area contributed by atoms with Crippen LogP contribution in [0, 0.1) is 5.92 Å². The van der Waals surface area contributed by atoms with E-state index >= 15 is 0 Å². The number of aliphatic carboxylic acids is 1. The molecule has 1 aliphatic heterocycles. The number of hydrogen-bond acceptors (Lipinski definition) is 3. The lowest BCUT2D eigenvalue weighted by atomic mass is 10.0. The van der Waals surface area contributed by atoms with E-state index in [-0.39, 0.29) is 12.5 Å². The van der Waals surface area contributed by atoms with E-state index in [2.05, 4.69) is 22.6 Å². The molecular weight excluding hydrogens is 258 g/mol. The Labute approximate surface area is 120 Å². The molecule has 2 unspecified atom stereocenters. The number of rotatable bonds is 8. The lowest BCUT2D eigenvalue weighted by Crippen LogP contribution is -2.43. The van der Waals surface area contributed by atoms with Crippen LogP contribution in [0.2, 0.25) is 0 Å². The van der Waals surface area contributed by atoms with Crippen molar-refractivity contribution in [2.24, 2.45) is 5.92 Å². The van der Waals surface area contributed by atoms with Gasteiger partial charge < -0.3 is 20.6 Å². The molecule has 1 aliphatic rings. The van der Waals surface area contributed by atoms with Crippen LogP contribution in [0.4, 0.5) is 4.79 Å². The molecule has 0 bridgehead atoms. The van der Waals surface area contributed by atoms with Crippen molar-refractivity contribution < 1.29 is 14.7 Å². The van der Waals surface area contributed by atoms with Crippen molar-refractivity contribution in [1.82, 2.24) is 15.5 Å². The average Bonchev–Trinajstić information content (AvgIpc) is 2.79. The number of likely N-dealkylation sites (tertiary alicyclic amines) is 1. The van der Waals surface area contributed by atoms with Crippen molar-refractivity contribution in [3.63, 3.8) is 0 Å². The molecule has 1 rings (SSSR count). The third-order valence-corrected chi connectivity index (χ3v) is 3.94. The number of likely N-dealkylation sites (N-methyl/N-ethyl adjacent to an activating group) is 1. The maximum Gasteiger partial charge on any atom is 0.314 e. The second kappa shape index (κ2) is 8.79. The summed E-state index contributed by atoms with van der Waals surface area (Å²) in [6, 6.07) is 0.325. The van der Waals surface area contributed by atoms with Gasteiger partial charge in [-0.3, -0.25) is 4.79 Å². The Morgan fingerprint density at radius 1 is 1.35 bits per heavy atom. The maximum absolute atomic E-state index is 11.6. The smallest absolute Gasteiger partial charge is 0.314 e. The van der Waals surface area contributed by atoms with Crippen LogP contribution < -0.4 is 10.6 Å². The first-order chi connectivity index (χ1) is 9.49. The van der Waals surface area contributed by atoms with Gasteiger partial charge in [-0.25, -0.2) is 4.79 Å². The van der Waals surface area contributed by atoms with E-state index in [4.69, 9.17) is 5.11 Å². The summed E-state index contributed by atoms with van der Waals surface area (Å²) in [5, 5.41) is 14.3. The van der Waals surface area contributed by atoms with Crippen LogP contribution >= 0.6 is 0 Å². The van der Waals surface area contributed by atoms with Gasteiger partial charge in [0, 0.05) is 25.6 Å². The predicted octanol–water partition coefficient (Wildman–Crippen LogP) is 1.27. The Bertz CT molecular complexity index is 323. The summed E-state index contributed by atoms with van der Waals surface area (Å²) < 4.78 is 0. The fourth-order valence-electron chi connectivity index (χ4n) is 2.46.